The van der Waals surface area contributed by atoms with Crippen LogP contribution < -0.4 is 5.32 Å². The molecule has 1 aliphatic carbocycles. The van der Waals surface area contributed by atoms with Crippen LogP contribution in [0.3, 0.4) is 0 Å². The predicted molar refractivity (Wildman–Crippen MR) is 99.5 cm³/mol. The molecule has 1 saturated heterocycles. The van der Waals surface area contributed by atoms with Crippen molar-refractivity contribution in [2.75, 3.05) is 33.3 Å². The lowest BCUT2D eigenvalue weighted by Gasteiger charge is -2.35. The molecule has 1 aromatic carbocycles. The van der Waals surface area contributed by atoms with Gasteiger partial charge in [0.05, 0.1) is 12.7 Å². The van der Waals surface area contributed by atoms with Crippen molar-refractivity contribution in [1.82, 2.24) is 15.1 Å². The van der Waals surface area contributed by atoms with E-state index in [9.17, 15) is 9.18 Å². The Morgan fingerprint density at radius 2 is 2.00 bits per heavy atom. The van der Waals surface area contributed by atoms with Crippen molar-refractivity contribution in [3.63, 3.8) is 0 Å². The number of carbonyl (C=O) groups excluding carboxylic acids is 1. The molecule has 1 saturated carbocycles. The monoisotopic (exact) mass is 363 g/mol. The van der Waals surface area contributed by atoms with E-state index in [1.165, 1.54) is 18.6 Å². The SMILES string of the molecule is CN1CCO[C@H](CNC(=O)N(Cc2ccc(F)cc2)C2CCCCC2)C1. The van der Waals surface area contributed by atoms with Crippen LogP contribution in [0.25, 0.3) is 0 Å². The zero-order valence-electron chi connectivity index (χ0n) is 15.6. The zero-order chi connectivity index (χ0) is 18.4. The Morgan fingerprint density at radius 3 is 2.69 bits per heavy atom. The molecule has 26 heavy (non-hydrogen) atoms. The van der Waals surface area contributed by atoms with Gasteiger partial charge in [-0.2, -0.15) is 0 Å². The molecule has 1 aliphatic heterocycles. The van der Waals surface area contributed by atoms with Crippen LogP contribution >= 0.6 is 0 Å². The average molecular weight is 363 g/mol. The number of ether oxygens (including phenoxy) is 1. The normalized spacial score (nSPS) is 22.2. The predicted octanol–water partition coefficient (Wildman–Crippen LogP) is 3.00. The Kier molecular flexibility index (Phi) is 6.86. The summed E-state index contributed by atoms with van der Waals surface area (Å²) in [6.45, 7) is 3.52. The Morgan fingerprint density at radius 1 is 1.27 bits per heavy atom. The van der Waals surface area contributed by atoms with Crippen molar-refractivity contribution in [2.45, 2.75) is 50.8 Å². The number of urea groups is 1. The smallest absolute Gasteiger partial charge is 0.318 e. The van der Waals surface area contributed by atoms with E-state index in [1.807, 2.05) is 4.90 Å². The molecule has 2 fully saturated rings. The highest BCUT2D eigenvalue weighted by atomic mass is 19.1. The number of benzene rings is 1. The van der Waals surface area contributed by atoms with Crippen LogP contribution in [0.1, 0.15) is 37.7 Å². The molecule has 2 aliphatic rings. The molecule has 1 N–H and O–H groups in total. The van der Waals surface area contributed by atoms with Gasteiger partial charge in [-0.25, -0.2) is 9.18 Å². The highest BCUT2D eigenvalue weighted by Crippen LogP contribution is 2.24. The number of hydrogen-bond acceptors (Lipinski definition) is 3. The van der Waals surface area contributed by atoms with Gasteiger partial charge < -0.3 is 19.9 Å². The first-order valence-corrected chi connectivity index (χ1v) is 9.71. The first kappa shape index (κ1) is 19.1. The van der Waals surface area contributed by atoms with E-state index in [2.05, 4.69) is 17.3 Å². The third-order valence-electron chi connectivity index (χ3n) is 5.37. The van der Waals surface area contributed by atoms with Crippen LogP contribution in [0.15, 0.2) is 24.3 Å². The number of amides is 2. The van der Waals surface area contributed by atoms with Gasteiger partial charge in [0.2, 0.25) is 0 Å². The lowest BCUT2D eigenvalue weighted by atomic mass is 9.94. The quantitative estimate of drug-likeness (QED) is 0.875. The summed E-state index contributed by atoms with van der Waals surface area (Å²) in [5, 5.41) is 3.06. The third-order valence-corrected chi connectivity index (χ3v) is 5.37. The molecule has 5 nitrogen and oxygen atoms in total. The molecule has 0 bridgehead atoms. The van der Waals surface area contributed by atoms with Crippen molar-refractivity contribution in [3.8, 4) is 0 Å². The molecular weight excluding hydrogens is 333 g/mol. The van der Waals surface area contributed by atoms with Crippen molar-refractivity contribution in [2.24, 2.45) is 0 Å². The standard InChI is InChI=1S/C20H30FN3O2/c1-23-11-12-26-19(15-23)13-22-20(25)24(18-5-3-2-4-6-18)14-16-7-9-17(21)10-8-16/h7-10,18-19H,2-6,11-15H2,1H3,(H,22,25)/t19-/m1/s1. The second-order valence-corrected chi connectivity index (χ2v) is 7.49. The van der Waals surface area contributed by atoms with Gasteiger partial charge in [0.15, 0.2) is 0 Å². The van der Waals surface area contributed by atoms with E-state index in [-0.39, 0.29) is 24.0 Å². The molecule has 1 aromatic rings. The fraction of sp³-hybridized carbons (Fsp3) is 0.650. The van der Waals surface area contributed by atoms with Gasteiger partial charge in [-0.15, -0.1) is 0 Å². The summed E-state index contributed by atoms with van der Waals surface area (Å²) in [4.78, 5) is 17.1. The highest BCUT2D eigenvalue weighted by Gasteiger charge is 2.26. The number of likely N-dealkylation sites (N-methyl/N-ethyl adjacent to an activating group) is 1. The minimum absolute atomic E-state index is 0.0386. The molecule has 0 radical (unpaired) electrons. The molecule has 144 valence electrons. The largest absolute Gasteiger partial charge is 0.374 e. The number of nitrogens with zero attached hydrogens (tertiary/aromatic N) is 2. The van der Waals surface area contributed by atoms with Crippen LogP contribution in [0.4, 0.5) is 9.18 Å². The molecular formula is C20H30FN3O2. The molecule has 3 rings (SSSR count). The van der Waals surface area contributed by atoms with Crippen LogP contribution in [-0.4, -0.2) is 61.3 Å². The lowest BCUT2D eigenvalue weighted by molar-refractivity contribution is -0.0175. The molecule has 2 amide bonds. The molecule has 6 heteroatoms. The molecule has 1 heterocycles. The van der Waals surface area contributed by atoms with Crippen molar-refractivity contribution < 1.29 is 13.9 Å². The number of morpholine rings is 1. The Hall–Kier alpha value is -1.66. The summed E-state index contributed by atoms with van der Waals surface area (Å²) in [5.41, 5.74) is 0.959. The summed E-state index contributed by atoms with van der Waals surface area (Å²) in [6, 6.07) is 6.65. The van der Waals surface area contributed by atoms with E-state index >= 15 is 0 Å². The van der Waals surface area contributed by atoms with Gasteiger partial charge in [-0.3, -0.25) is 0 Å². The first-order chi connectivity index (χ1) is 12.6. The summed E-state index contributed by atoms with van der Waals surface area (Å²) in [7, 11) is 2.07. The van der Waals surface area contributed by atoms with E-state index in [0.717, 1.165) is 44.3 Å². The van der Waals surface area contributed by atoms with Gasteiger partial charge in [0.25, 0.3) is 0 Å². The number of nitrogens with one attached hydrogen (secondary N) is 1. The second-order valence-electron chi connectivity index (χ2n) is 7.49. The summed E-state index contributed by atoms with van der Waals surface area (Å²) < 4.78 is 18.9. The van der Waals surface area contributed by atoms with E-state index in [1.54, 1.807) is 12.1 Å². The maximum atomic E-state index is 13.2. The van der Waals surface area contributed by atoms with Gasteiger partial charge in [0.1, 0.15) is 5.82 Å². The Labute approximate surface area is 155 Å². The topological polar surface area (TPSA) is 44.8 Å². The maximum absolute atomic E-state index is 13.2. The maximum Gasteiger partial charge on any atom is 0.318 e. The summed E-state index contributed by atoms with van der Waals surface area (Å²) in [5.74, 6) is -0.249. The van der Waals surface area contributed by atoms with Crippen LogP contribution in [0, 0.1) is 5.82 Å². The number of carbonyl (C=O) groups is 1. The molecule has 1 atom stereocenters. The van der Waals surface area contributed by atoms with Crippen molar-refractivity contribution in [1.29, 1.82) is 0 Å². The fourth-order valence-corrected chi connectivity index (χ4v) is 3.84. The van der Waals surface area contributed by atoms with Crippen LogP contribution in [0.2, 0.25) is 0 Å². The Balaban J connectivity index is 1.61. The lowest BCUT2D eigenvalue weighted by Crippen LogP contribution is -2.51. The van der Waals surface area contributed by atoms with Gasteiger partial charge in [-0.1, -0.05) is 31.4 Å². The molecule has 0 unspecified atom stereocenters. The number of halogens is 1. The fourth-order valence-electron chi connectivity index (χ4n) is 3.84. The molecule has 0 aromatic heterocycles. The average Bonchev–Trinajstić information content (AvgIpc) is 2.66. The van der Waals surface area contributed by atoms with Gasteiger partial charge in [0, 0.05) is 32.2 Å². The van der Waals surface area contributed by atoms with E-state index in [4.69, 9.17) is 4.74 Å². The van der Waals surface area contributed by atoms with Crippen LogP contribution in [0.5, 0.6) is 0 Å². The van der Waals surface area contributed by atoms with Crippen molar-refractivity contribution >= 4 is 6.03 Å². The third kappa shape index (κ3) is 5.42. The second kappa shape index (κ2) is 9.33. The molecule has 0 spiro atoms. The van der Waals surface area contributed by atoms with Crippen molar-refractivity contribution in [3.05, 3.63) is 35.6 Å². The van der Waals surface area contributed by atoms with E-state index in [0.29, 0.717) is 19.7 Å². The Bertz CT molecular complexity index is 575. The zero-order valence-corrected chi connectivity index (χ0v) is 15.6. The van der Waals surface area contributed by atoms with Gasteiger partial charge >= 0.3 is 6.03 Å². The highest BCUT2D eigenvalue weighted by molar-refractivity contribution is 5.74. The van der Waals surface area contributed by atoms with E-state index < -0.39 is 0 Å². The summed E-state index contributed by atoms with van der Waals surface area (Å²) >= 11 is 0. The van der Waals surface area contributed by atoms with Gasteiger partial charge in [-0.05, 0) is 37.6 Å². The summed E-state index contributed by atoms with van der Waals surface area (Å²) in [6.07, 6.45) is 5.68. The minimum Gasteiger partial charge on any atom is -0.374 e. The first-order valence-electron chi connectivity index (χ1n) is 9.71. The number of hydrogen-bond donors (Lipinski definition) is 1. The van der Waals surface area contributed by atoms with Crippen LogP contribution in [-0.2, 0) is 11.3 Å². The minimum atomic E-state index is -0.249. The number of rotatable bonds is 5.